The fourth-order valence-corrected chi connectivity index (χ4v) is 3.73. The fraction of sp³-hybridized carbons (Fsp3) is 0.579. The predicted octanol–water partition coefficient (Wildman–Crippen LogP) is 2.16. The first kappa shape index (κ1) is 17.7. The van der Waals surface area contributed by atoms with Gasteiger partial charge in [0.25, 0.3) is 0 Å². The van der Waals surface area contributed by atoms with Crippen LogP contribution in [0.3, 0.4) is 0 Å². The van der Waals surface area contributed by atoms with Gasteiger partial charge in [-0.25, -0.2) is 0 Å². The van der Waals surface area contributed by atoms with Crippen LogP contribution in [0.15, 0.2) is 24.3 Å². The van der Waals surface area contributed by atoms with E-state index in [0.717, 1.165) is 63.4 Å². The van der Waals surface area contributed by atoms with Crippen LogP contribution in [0.4, 0.5) is 11.4 Å². The molecule has 25 heavy (non-hydrogen) atoms. The summed E-state index contributed by atoms with van der Waals surface area (Å²) in [5.41, 5.74) is 1.85. The highest BCUT2D eigenvalue weighted by Crippen LogP contribution is 2.29. The first-order valence-electron chi connectivity index (χ1n) is 9.14. The first-order chi connectivity index (χ1) is 12.1. The van der Waals surface area contributed by atoms with Crippen molar-refractivity contribution in [3.05, 3.63) is 24.3 Å². The number of hydrogen-bond donors (Lipinski definition) is 2. The van der Waals surface area contributed by atoms with Crippen molar-refractivity contribution < 1.29 is 14.3 Å². The highest BCUT2D eigenvalue weighted by molar-refractivity contribution is 5.97. The smallest absolute Gasteiger partial charge is 0.247 e. The number of nitrogens with zero attached hydrogens (tertiary/aromatic N) is 1. The Balaban J connectivity index is 1.68. The van der Waals surface area contributed by atoms with Gasteiger partial charge in [-0.15, -0.1) is 0 Å². The summed E-state index contributed by atoms with van der Waals surface area (Å²) in [4.78, 5) is 26.5. The number of amides is 2. The molecule has 6 nitrogen and oxygen atoms in total. The lowest BCUT2D eigenvalue weighted by Gasteiger charge is -2.29. The van der Waals surface area contributed by atoms with E-state index in [2.05, 4.69) is 15.5 Å². The molecule has 2 fully saturated rings. The molecule has 1 saturated carbocycles. The number of carbonyl (C=O) groups is 2. The van der Waals surface area contributed by atoms with Crippen LogP contribution >= 0.6 is 0 Å². The van der Waals surface area contributed by atoms with E-state index in [1.54, 1.807) is 0 Å². The van der Waals surface area contributed by atoms with Gasteiger partial charge in [0.1, 0.15) is 6.04 Å². The van der Waals surface area contributed by atoms with Gasteiger partial charge in [0, 0.05) is 31.4 Å². The quantitative estimate of drug-likeness (QED) is 0.858. The molecule has 2 aliphatic rings. The van der Waals surface area contributed by atoms with Crippen molar-refractivity contribution in [1.29, 1.82) is 0 Å². The van der Waals surface area contributed by atoms with Crippen LogP contribution in [0, 0.1) is 5.92 Å². The molecular weight excluding hydrogens is 318 g/mol. The molecule has 1 aromatic carbocycles. The Kier molecular flexibility index (Phi) is 5.91. The lowest BCUT2D eigenvalue weighted by molar-refractivity contribution is -0.126. The molecule has 1 saturated heterocycles. The van der Waals surface area contributed by atoms with E-state index in [9.17, 15) is 9.59 Å². The van der Waals surface area contributed by atoms with Crippen molar-refractivity contribution in [2.75, 3.05) is 36.5 Å². The van der Waals surface area contributed by atoms with Crippen molar-refractivity contribution in [3.63, 3.8) is 0 Å². The number of rotatable bonds is 5. The van der Waals surface area contributed by atoms with Gasteiger partial charge in [-0.3, -0.25) is 9.59 Å². The van der Waals surface area contributed by atoms with Crippen LogP contribution in [0.25, 0.3) is 0 Å². The van der Waals surface area contributed by atoms with E-state index < -0.39 is 6.04 Å². The maximum atomic E-state index is 12.8. The predicted molar refractivity (Wildman–Crippen MR) is 97.7 cm³/mol. The maximum absolute atomic E-state index is 12.8. The van der Waals surface area contributed by atoms with Crippen LogP contribution in [0.1, 0.15) is 32.6 Å². The summed E-state index contributed by atoms with van der Waals surface area (Å²) in [5.74, 6) is -0.0540. The van der Waals surface area contributed by atoms with Gasteiger partial charge in [-0.2, -0.15) is 0 Å². The Hall–Kier alpha value is -2.08. The Labute approximate surface area is 148 Å². The standard InChI is InChI=1S/C19H27N3O3/c1-14(23)20-18(15-5-2-3-6-15)19(24)21-16-7-4-8-17(13-16)22-9-11-25-12-10-22/h4,7-8,13,15,18H,2-3,5-6,9-12H2,1H3,(H,20,23)(H,21,24). The molecule has 0 spiro atoms. The van der Waals surface area contributed by atoms with Crippen molar-refractivity contribution in [2.45, 2.75) is 38.6 Å². The van der Waals surface area contributed by atoms with E-state index in [0.29, 0.717) is 0 Å². The second-order valence-corrected chi connectivity index (χ2v) is 6.86. The number of ether oxygens (including phenoxy) is 1. The molecule has 1 aromatic rings. The lowest BCUT2D eigenvalue weighted by Crippen LogP contribution is -2.47. The van der Waals surface area contributed by atoms with Gasteiger partial charge in [0.15, 0.2) is 0 Å². The molecule has 1 unspecified atom stereocenters. The third kappa shape index (κ3) is 4.72. The number of anilines is 2. The van der Waals surface area contributed by atoms with Crippen molar-refractivity contribution in [3.8, 4) is 0 Å². The number of nitrogens with one attached hydrogen (secondary N) is 2. The maximum Gasteiger partial charge on any atom is 0.247 e. The van der Waals surface area contributed by atoms with Crippen molar-refractivity contribution in [1.82, 2.24) is 5.32 Å². The van der Waals surface area contributed by atoms with Gasteiger partial charge >= 0.3 is 0 Å². The summed E-state index contributed by atoms with van der Waals surface area (Å²) < 4.78 is 5.39. The Morgan fingerprint density at radius 1 is 1.20 bits per heavy atom. The molecule has 2 amide bonds. The SMILES string of the molecule is CC(=O)NC(C(=O)Nc1cccc(N2CCOCC2)c1)C1CCCC1. The monoisotopic (exact) mass is 345 g/mol. The Morgan fingerprint density at radius 2 is 1.92 bits per heavy atom. The number of benzene rings is 1. The van der Waals surface area contributed by atoms with E-state index in [1.807, 2.05) is 24.3 Å². The summed E-state index contributed by atoms with van der Waals surface area (Å²) in [6.07, 6.45) is 4.24. The topological polar surface area (TPSA) is 70.7 Å². The average molecular weight is 345 g/mol. The highest BCUT2D eigenvalue weighted by Gasteiger charge is 2.31. The molecule has 0 radical (unpaired) electrons. The summed E-state index contributed by atoms with van der Waals surface area (Å²) >= 11 is 0. The van der Waals surface area contributed by atoms with E-state index in [-0.39, 0.29) is 17.7 Å². The number of carbonyl (C=O) groups excluding carboxylic acids is 2. The van der Waals surface area contributed by atoms with Crippen LogP contribution in [-0.2, 0) is 14.3 Å². The van der Waals surface area contributed by atoms with Crippen LogP contribution < -0.4 is 15.5 Å². The normalized spacial score (nSPS) is 19.5. The van der Waals surface area contributed by atoms with Gasteiger partial charge in [0.05, 0.1) is 13.2 Å². The molecule has 0 bridgehead atoms. The number of morpholine rings is 1. The third-order valence-corrected chi connectivity index (χ3v) is 5.00. The lowest BCUT2D eigenvalue weighted by atomic mass is 9.97. The first-order valence-corrected chi connectivity index (χ1v) is 9.14. The summed E-state index contributed by atoms with van der Waals surface area (Å²) in [6, 6.07) is 7.42. The van der Waals surface area contributed by atoms with Gasteiger partial charge in [0.2, 0.25) is 11.8 Å². The van der Waals surface area contributed by atoms with Gasteiger partial charge in [-0.05, 0) is 37.0 Å². The average Bonchev–Trinajstić information content (AvgIpc) is 3.15. The van der Waals surface area contributed by atoms with Crippen molar-refractivity contribution >= 4 is 23.2 Å². The number of hydrogen-bond acceptors (Lipinski definition) is 4. The second-order valence-electron chi connectivity index (χ2n) is 6.86. The van der Waals surface area contributed by atoms with Crippen LogP contribution in [-0.4, -0.2) is 44.2 Å². The molecule has 1 aliphatic carbocycles. The van der Waals surface area contributed by atoms with Crippen molar-refractivity contribution in [2.24, 2.45) is 5.92 Å². The molecule has 1 heterocycles. The van der Waals surface area contributed by atoms with Gasteiger partial charge < -0.3 is 20.3 Å². The molecule has 136 valence electrons. The van der Waals surface area contributed by atoms with E-state index in [4.69, 9.17) is 4.74 Å². The zero-order chi connectivity index (χ0) is 17.6. The molecule has 6 heteroatoms. The zero-order valence-corrected chi connectivity index (χ0v) is 14.8. The molecule has 2 N–H and O–H groups in total. The van der Waals surface area contributed by atoms with Crippen LogP contribution in [0.2, 0.25) is 0 Å². The largest absolute Gasteiger partial charge is 0.378 e. The fourth-order valence-electron chi connectivity index (χ4n) is 3.73. The minimum Gasteiger partial charge on any atom is -0.378 e. The van der Waals surface area contributed by atoms with Gasteiger partial charge in [-0.1, -0.05) is 18.9 Å². The third-order valence-electron chi connectivity index (χ3n) is 5.00. The second kappa shape index (κ2) is 8.34. The molecule has 1 aliphatic heterocycles. The van der Waals surface area contributed by atoms with E-state index in [1.165, 1.54) is 6.92 Å². The van der Waals surface area contributed by atoms with Crippen LogP contribution in [0.5, 0.6) is 0 Å². The minimum absolute atomic E-state index is 0.124. The Morgan fingerprint density at radius 3 is 2.60 bits per heavy atom. The highest BCUT2D eigenvalue weighted by atomic mass is 16.5. The summed E-state index contributed by atoms with van der Waals surface area (Å²) in [5, 5.41) is 5.83. The molecule has 3 rings (SSSR count). The summed E-state index contributed by atoms with van der Waals surface area (Å²) in [7, 11) is 0. The Bertz CT molecular complexity index is 608. The molecule has 0 aromatic heterocycles. The zero-order valence-electron chi connectivity index (χ0n) is 14.8. The minimum atomic E-state index is -0.452. The molecule has 1 atom stereocenters. The van der Waals surface area contributed by atoms with E-state index >= 15 is 0 Å². The molecular formula is C19H27N3O3. The summed E-state index contributed by atoms with van der Waals surface area (Å²) in [6.45, 7) is 4.63.